The molecule has 0 N–H and O–H groups in total. The standard InChI is InChI=1S/C23H26N4O5/c1-23(2,3)32-22(30)25-13-11-17(14-25)27-19-18(6-5-12-24-19)26(21(27)29)16-9-7-15(8-10-16)20(28)31-4/h5-10,12,17H,11,13-14H2,1-4H3/t17-/m0/s1. The lowest BCUT2D eigenvalue weighted by Crippen LogP contribution is -2.36. The molecule has 0 spiro atoms. The summed E-state index contributed by atoms with van der Waals surface area (Å²) in [5.74, 6) is -0.443. The van der Waals surface area contributed by atoms with Gasteiger partial charge in [0.2, 0.25) is 0 Å². The number of likely N-dealkylation sites (tertiary alicyclic amines) is 1. The number of hydrogen-bond donors (Lipinski definition) is 0. The van der Waals surface area contributed by atoms with Crippen LogP contribution in [0.1, 0.15) is 43.6 Å². The molecule has 1 fully saturated rings. The topological polar surface area (TPSA) is 95.7 Å². The van der Waals surface area contributed by atoms with Crippen molar-refractivity contribution in [1.29, 1.82) is 0 Å². The van der Waals surface area contributed by atoms with Gasteiger partial charge in [0.25, 0.3) is 0 Å². The first-order chi connectivity index (χ1) is 15.2. The SMILES string of the molecule is COC(=O)c1ccc(-n2c(=O)n([C@H]3CCN(C(=O)OC(C)(C)C)C3)c3ncccc32)cc1. The fourth-order valence-electron chi connectivity index (χ4n) is 3.94. The Bertz CT molecular complexity index is 1220. The van der Waals surface area contributed by atoms with Crippen molar-refractivity contribution in [3.05, 3.63) is 58.6 Å². The van der Waals surface area contributed by atoms with Gasteiger partial charge in [-0.25, -0.2) is 19.4 Å². The fraction of sp³-hybridized carbons (Fsp3) is 0.391. The second-order valence-corrected chi connectivity index (χ2v) is 8.74. The number of fused-ring (bicyclic) bond motifs is 1. The highest BCUT2D eigenvalue weighted by molar-refractivity contribution is 5.89. The van der Waals surface area contributed by atoms with Gasteiger partial charge in [0.05, 0.1) is 29.9 Å². The number of aromatic nitrogens is 3. The van der Waals surface area contributed by atoms with Crippen LogP contribution in [-0.2, 0) is 9.47 Å². The molecule has 2 aromatic heterocycles. The Hall–Kier alpha value is -3.62. The van der Waals surface area contributed by atoms with E-state index in [0.29, 0.717) is 41.9 Å². The normalized spacial score (nSPS) is 16.4. The molecule has 168 valence electrons. The monoisotopic (exact) mass is 438 g/mol. The van der Waals surface area contributed by atoms with Crippen molar-refractivity contribution >= 4 is 23.2 Å². The molecule has 1 aliphatic heterocycles. The molecular formula is C23H26N4O5. The van der Waals surface area contributed by atoms with Gasteiger partial charge in [-0.05, 0) is 63.6 Å². The first-order valence-corrected chi connectivity index (χ1v) is 10.4. The van der Waals surface area contributed by atoms with Gasteiger partial charge < -0.3 is 14.4 Å². The minimum Gasteiger partial charge on any atom is -0.465 e. The molecule has 3 aromatic rings. The van der Waals surface area contributed by atoms with Gasteiger partial charge in [0.1, 0.15) is 5.60 Å². The van der Waals surface area contributed by atoms with Crippen LogP contribution in [-0.4, -0.2) is 56.9 Å². The Morgan fingerprint density at radius 2 is 1.84 bits per heavy atom. The van der Waals surface area contributed by atoms with Gasteiger partial charge in [0, 0.05) is 19.3 Å². The molecular weight excluding hydrogens is 412 g/mol. The van der Waals surface area contributed by atoms with E-state index < -0.39 is 11.6 Å². The maximum absolute atomic E-state index is 13.5. The summed E-state index contributed by atoms with van der Waals surface area (Å²) in [6.45, 7) is 6.34. The van der Waals surface area contributed by atoms with Crippen LogP contribution >= 0.6 is 0 Å². The quantitative estimate of drug-likeness (QED) is 0.583. The van der Waals surface area contributed by atoms with E-state index >= 15 is 0 Å². The van der Waals surface area contributed by atoms with Crippen molar-refractivity contribution < 1.29 is 19.1 Å². The van der Waals surface area contributed by atoms with Crippen molar-refractivity contribution in [1.82, 2.24) is 19.0 Å². The number of amides is 1. The lowest BCUT2D eigenvalue weighted by Gasteiger charge is -2.24. The predicted molar refractivity (Wildman–Crippen MR) is 118 cm³/mol. The molecule has 0 saturated carbocycles. The number of carbonyl (C=O) groups is 2. The number of hydrogen-bond acceptors (Lipinski definition) is 6. The zero-order valence-corrected chi connectivity index (χ0v) is 18.6. The van der Waals surface area contributed by atoms with E-state index in [4.69, 9.17) is 9.47 Å². The first-order valence-electron chi connectivity index (χ1n) is 10.4. The number of ether oxygens (including phenoxy) is 2. The highest BCUT2D eigenvalue weighted by Crippen LogP contribution is 2.26. The van der Waals surface area contributed by atoms with Gasteiger partial charge >= 0.3 is 17.8 Å². The predicted octanol–water partition coefficient (Wildman–Crippen LogP) is 3.16. The average Bonchev–Trinajstić information content (AvgIpc) is 3.34. The molecule has 1 atom stereocenters. The molecule has 0 radical (unpaired) electrons. The van der Waals surface area contributed by atoms with Gasteiger partial charge in [-0.3, -0.25) is 9.13 Å². The molecule has 3 heterocycles. The zero-order valence-electron chi connectivity index (χ0n) is 18.6. The van der Waals surface area contributed by atoms with Crippen LogP contribution in [0.2, 0.25) is 0 Å². The minimum atomic E-state index is -0.583. The van der Waals surface area contributed by atoms with E-state index in [1.165, 1.54) is 7.11 Å². The lowest BCUT2D eigenvalue weighted by atomic mass is 10.2. The van der Waals surface area contributed by atoms with Crippen LogP contribution in [0.25, 0.3) is 16.9 Å². The highest BCUT2D eigenvalue weighted by atomic mass is 16.6. The zero-order chi connectivity index (χ0) is 23.0. The summed E-state index contributed by atoms with van der Waals surface area (Å²) in [5, 5.41) is 0. The molecule has 1 aromatic carbocycles. The second-order valence-electron chi connectivity index (χ2n) is 8.74. The number of imidazole rings is 1. The number of rotatable bonds is 3. The molecule has 4 rings (SSSR count). The highest BCUT2D eigenvalue weighted by Gasteiger charge is 2.33. The fourth-order valence-corrected chi connectivity index (χ4v) is 3.94. The number of carbonyl (C=O) groups excluding carboxylic acids is 2. The summed E-state index contributed by atoms with van der Waals surface area (Å²) < 4.78 is 13.4. The third-order valence-corrected chi connectivity index (χ3v) is 5.36. The number of nitrogens with zero attached hydrogens (tertiary/aromatic N) is 4. The number of esters is 1. The molecule has 0 unspecified atom stereocenters. The van der Waals surface area contributed by atoms with Crippen LogP contribution in [0.5, 0.6) is 0 Å². The van der Waals surface area contributed by atoms with Crippen LogP contribution in [0.4, 0.5) is 4.79 Å². The van der Waals surface area contributed by atoms with Crippen LogP contribution in [0, 0.1) is 0 Å². The van der Waals surface area contributed by atoms with E-state index in [2.05, 4.69) is 4.98 Å². The van der Waals surface area contributed by atoms with E-state index in [1.54, 1.807) is 50.6 Å². The summed E-state index contributed by atoms with van der Waals surface area (Å²) >= 11 is 0. The summed E-state index contributed by atoms with van der Waals surface area (Å²) in [7, 11) is 1.32. The maximum Gasteiger partial charge on any atom is 0.410 e. The Morgan fingerprint density at radius 3 is 2.50 bits per heavy atom. The maximum atomic E-state index is 13.5. The summed E-state index contributed by atoms with van der Waals surface area (Å²) in [6.07, 6.45) is 1.88. The average molecular weight is 438 g/mol. The third-order valence-electron chi connectivity index (χ3n) is 5.36. The van der Waals surface area contributed by atoms with Crippen LogP contribution in [0.3, 0.4) is 0 Å². The Morgan fingerprint density at radius 1 is 1.12 bits per heavy atom. The molecule has 1 saturated heterocycles. The van der Waals surface area contributed by atoms with Crippen molar-refractivity contribution in [2.45, 2.75) is 38.8 Å². The van der Waals surface area contributed by atoms with E-state index in [0.717, 1.165) is 0 Å². The molecule has 9 heteroatoms. The summed E-state index contributed by atoms with van der Waals surface area (Å²) in [6, 6.07) is 10.0. The lowest BCUT2D eigenvalue weighted by molar-refractivity contribution is 0.0288. The molecule has 9 nitrogen and oxygen atoms in total. The number of benzene rings is 1. The van der Waals surface area contributed by atoms with Crippen molar-refractivity contribution in [3.63, 3.8) is 0 Å². The molecule has 32 heavy (non-hydrogen) atoms. The van der Waals surface area contributed by atoms with Gasteiger partial charge in [-0.15, -0.1) is 0 Å². The first kappa shape index (κ1) is 21.6. The molecule has 1 aliphatic rings. The second kappa shape index (κ2) is 8.14. The number of methoxy groups -OCH3 is 1. The Labute approximate surface area is 185 Å². The Kier molecular flexibility index (Phi) is 5.50. The molecule has 0 bridgehead atoms. The van der Waals surface area contributed by atoms with E-state index in [9.17, 15) is 14.4 Å². The number of pyridine rings is 1. The van der Waals surface area contributed by atoms with Crippen LogP contribution in [0.15, 0.2) is 47.4 Å². The van der Waals surface area contributed by atoms with Gasteiger partial charge in [-0.1, -0.05) is 0 Å². The van der Waals surface area contributed by atoms with E-state index in [-0.39, 0.29) is 17.8 Å². The Balaban J connectivity index is 1.71. The molecule has 0 aliphatic carbocycles. The largest absolute Gasteiger partial charge is 0.465 e. The molecule has 1 amide bonds. The van der Waals surface area contributed by atoms with E-state index in [1.807, 2.05) is 26.8 Å². The summed E-state index contributed by atoms with van der Waals surface area (Å²) in [5.41, 5.74) is 1.38. The van der Waals surface area contributed by atoms with Crippen molar-refractivity contribution in [2.75, 3.05) is 20.2 Å². The van der Waals surface area contributed by atoms with Gasteiger partial charge in [0.15, 0.2) is 5.65 Å². The third kappa shape index (κ3) is 3.98. The summed E-state index contributed by atoms with van der Waals surface area (Å²) in [4.78, 5) is 43.8. The minimum absolute atomic E-state index is 0.219. The smallest absolute Gasteiger partial charge is 0.410 e. The van der Waals surface area contributed by atoms with Crippen LogP contribution < -0.4 is 5.69 Å². The van der Waals surface area contributed by atoms with Gasteiger partial charge in [-0.2, -0.15) is 0 Å². The van der Waals surface area contributed by atoms with Crippen molar-refractivity contribution in [3.8, 4) is 5.69 Å². The van der Waals surface area contributed by atoms with Crippen molar-refractivity contribution in [2.24, 2.45) is 0 Å².